The number of benzene rings is 2. The summed E-state index contributed by atoms with van der Waals surface area (Å²) in [7, 11) is 0. The molecule has 6 nitrogen and oxygen atoms in total. The highest BCUT2D eigenvalue weighted by molar-refractivity contribution is 5.81. The van der Waals surface area contributed by atoms with E-state index in [2.05, 4.69) is 29.0 Å². The lowest BCUT2D eigenvalue weighted by atomic mass is 9.95. The molecule has 1 atom stereocenters. The second-order valence-electron chi connectivity index (χ2n) is 10.8. The van der Waals surface area contributed by atoms with Gasteiger partial charge >= 0.3 is 6.18 Å². The molecule has 1 saturated heterocycles. The van der Waals surface area contributed by atoms with E-state index in [4.69, 9.17) is 0 Å². The van der Waals surface area contributed by atoms with Crippen LogP contribution in [0.3, 0.4) is 0 Å². The average molecular weight is 533 g/mol. The van der Waals surface area contributed by atoms with Gasteiger partial charge in [-0.25, -0.2) is 0 Å². The number of hydrogen-bond donors (Lipinski definition) is 2. The number of hydrogen-bond acceptors (Lipinski definition) is 5. The molecule has 2 heterocycles. The standard InChI is InChI=1S/C29H39F3N4O2/c1-21(2)18-36-19-22-9-7-11-26(24(22)16-27(36)37)33-17-28(38)35(15-14-34-12-5-6-13-34)20-23-8-3-4-10-25(23)29(30,31)32/h3-4,7-11,21,27,33,37H,5-6,12-20H2,1-2H3. The van der Waals surface area contributed by atoms with Crippen LogP contribution in [-0.4, -0.2) is 71.2 Å². The summed E-state index contributed by atoms with van der Waals surface area (Å²) in [6, 6.07) is 11.3. The number of anilines is 1. The van der Waals surface area contributed by atoms with Crippen LogP contribution in [0.4, 0.5) is 18.9 Å². The van der Waals surface area contributed by atoms with Gasteiger partial charge in [0.15, 0.2) is 0 Å². The predicted octanol–water partition coefficient (Wildman–Crippen LogP) is 4.57. The number of rotatable bonds is 10. The maximum Gasteiger partial charge on any atom is 0.416 e. The fraction of sp³-hybridized carbons (Fsp3) is 0.552. The topological polar surface area (TPSA) is 59.1 Å². The molecule has 0 aliphatic carbocycles. The van der Waals surface area contributed by atoms with Gasteiger partial charge in [0.2, 0.25) is 5.91 Å². The van der Waals surface area contributed by atoms with Crippen molar-refractivity contribution in [3.63, 3.8) is 0 Å². The lowest BCUT2D eigenvalue weighted by molar-refractivity contribution is -0.139. The number of likely N-dealkylation sites (tertiary alicyclic amines) is 1. The lowest BCUT2D eigenvalue weighted by Gasteiger charge is -2.35. The molecule has 208 valence electrons. The minimum absolute atomic E-state index is 0.0313. The predicted molar refractivity (Wildman–Crippen MR) is 142 cm³/mol. The first-order valence-corrected chi connectivity index (χ1v) is 13.5. The maximum absolute atomic E-state index is 13.6. The minimum atomic E-state index is -4.48. The van der Waals surface area contributed by atoms with Crippen LogP contribution in [0.15, 0.2) is 42.5 Å². The molecular weight excluding hydrogens is 493 g/mol. The molecule has 0 bridgehead atoms. The number of amides is 1. The number of alkyl halides is 3. The summed E-state index contributed by atoms with van der Waals surface area (Å²) in [4.78, 5) is 19.2. The molecule has 2 aliphatic heterocycles. The van der Waals surface area contributed by atoms with Crippen molar-refractivity contribution in [2.75, 3.05) is 44.6 Å². The van der Waals surface area contributed by atoms with Crippen molar-refractivity contribution in [2.45, 2.75) is 58.6 Å². The molecule has 2 aromatic carbocycles. The normalized spacial score (nSPS) is 18.6. The summed E-state index contributed by atoms with van der Waals surface area (Å²) in [5.41, 5.74) is 2.27. The summed E-state index contributed by atoms with van der Waals surface area (Å²) in [6.07, 6.45) is -2.42. The summed E-state index contributed by atoms with van der Waals surface area (Å²) < 4.78 is 40.9. The molecule has 0 saturated carbocycles. The van der Waals surface area contributed by atoms with Crippen LogP contribution in [-0.2, 0) is 30.5 Å². The van der Waals surface area contributed by atoms with Gasteiger partial charge in [0.1, 0.15) is 6.23 Å². The first-order valence-electron chi connectivity index (χ1n) is 13.5. The van der Waals surface area contributed by atoms with Gasteiger partial charge < -0.3 is 20.2 Å². The number of carbonyl (C=O) groups excluding carboxylic acids is 1. The van der Waals surface area contributed by atoms with Gasteiger partial charge in [-0.05, 0) is 60.7 Å². The molecule has 2 aliphatic rings. The maximum atomic E-state index is 13.6. The van der Waals surface area contributed by atoms with Crippen molar-refractivity contribution in [3.05, 3.63) is 64.7 Å². The van der Waals surface area contributed by atoms with Gasteiger partial charge in [-0.15, -0.1) is 0 Å². The van der Waals surface area contributed by atoms with E-state index >= 15 is 0 Å². The van der Waals surface area contributed by atoms with Crippen molar-refractivity contribution < 1.29 is 23.1 Å². The van der Waals surface area contributed by atoms with E-state index in [0.717, 1.165) is 55.4 Å². The van der Waals surface area contributed by atoms with Crippen molar-refractivity contribution in [3.8, 4) is 0 Å². The Morgan fingerprint density at radius 1 is 1.13 bits per heavy atom. The highest BCUT2D eigenvalue weighted by Crippen LogP contribution is 2.33. The summed E-state index contributed by atoms with van der Waals surface area (Å²) >= 11 is 0. The molecule has 0 spiro atoms. The number of carbonyl (C=O) groups is 1. The smallest absolute Gasteiger partial charge is 0.378 e. The van der Waals surface area contributed by atoms with Crippen molar-refractivity contribution in [1.29, 1.82) is 0 Å². The number of halogens is 3. The SMILES string of the molecule is CC(C)CN1Cc2cccc(NCC(=O)N(CCN3CCCC3)Cc3ccccc3C(F)(F)F)c2CC1O. The van der Waals surface area contributed by atoms with Crippen LogP contribution in [0.1, 0.15) is 48.9 Å². The first-order chi connectivity index (χ1) is 18.1. The second-order valence-corrected chi connectivity index (χ2v) is 10.8. The Bertz CT molecular complexity index is 1090. The van der Waals surface area contributed by atoms with Gasteiger partial charge in [-0.3, -0.25) is 9.69 Å². The number of aliphatic hydroxyl groups is 1. The third kappa shape index (κ3) is 7.27. The number of aliphatic hydroxyl groups excluding tert-OH is 1. The Kier molecular flexibility index (Phi) is 9.33. The molecule has 0 radical (unpaired) electrons. The van der Waals surface area contributed by atoms with E-state index in [1.54, 1.807) is 6.07 Å². The molecule has 1 amide bonds. The van der Waals surface area contributed by atoms with Crippen LogP contribution in [0.2, 0.25) is 0 Å². The number of nitrogens with zero attached hydrogens (tertiary/aromatic N) is 3. The Balaban J connectivity index is 1.47. The highest BCUT2D eigenvalue weighted by atomic mass is 19.4. The Labute approximate surface area is 223 Å². The average Bonchev–Trinajstić information content (AvgIpc) is 3.38. The monoisotopic (exact) mass is 532 g/mol. The van der Waals surface area contributed by atoms with Crippen molar-refractivity contribution in [1.82, 2.24) is 14.7 Å². The van der Waals surface area contributed by atoms with E-state index in [-0.39, 0.29) is 24.6 Å². The van der Waals surface area contributed by atoms with Crippen LogP contribution < -0.4 is 5.32 Å². The first kappa shape index (κ1) is 28.4. The lowest BCUT2D eigenvalue weighted by Crippen LogP contribution is -2.43. The summed E-state index contributed by atoms with van der Waals surface area (Å²) in [6.45, 7) is 8.44. The van der Waals surface area contributed by atoms with E-state index in [0.29, 0.717) is 32.0 Å². The van der Waals surface area contributed by atoms with Crippen molar-refractivity contribution >= 4 is 11.6 Å². The fourth-order valence-electron chi connectivity index (χ4n) is 5.46. The van der Waals surface area contributed by atoms with E-state index in [9.17, 15) is 23.1 Å². The van der Waals surface area contributed by atoms with Gasteiger partial charge in [0.25, 0.3) is 0 Å². The minimum Gasteiger partial charge on any atom is -0.378 e. The molecule has 0 aromatic heterocycles. The molecule has 2 aromatic rings. The molecule has 1 unspecified atom stereocenters. The van der Waals surface area contributed by atoms with Crippen LogP contribution in [0.5, 0.6) is 0 Å². The van der Waals surface area contributed by atoms with E-state index < -0.39 is 18.0 Å². The van der Waals surface area contributed by atoms with Crippen LogP contribution in [0.25, 0.3) is 0 Å². The van der Waals surface area contributed by atoms with E-state index in [1.165, 1.54) is 17.0 Å². The molecular formula is C29H39F3N4O2. The van der Waals surface area contributed by atoms with E-state index in [1.807, 2.05) is 18.2 Å². The highest BCUT2D eigenvalue weighted by Gasteiger charge is 2.34. The Hall–Kier alpha value is -2.62. The molecule has 4 rings (SSSR count). The molecule has 9 heteroatoms. The zero-order valence-electron chi connectivity index (χ0n) is 22.3. The van der Waals surface area contributed by atoms with Gasteiger partial charge in [0.05, 0.1) is 12.1 Å². The molecule has 38 heavy (non-hydrogen) atoms. The molecule has 1 fully saturated rings. The Morgan fingerprint density at radius 3 is 2.58 bits per heavy atom. The zero-order chi connectivity index (χ0) is 27.3. The Morgan fingerprint density at radius 2 is 1.87 bits per heavy atom. The number of fused-ring (bicyclic) bond motifs is 1. The zero-order valence-corrected chi connectivity index (χ0v) is 22.3. The van der Waals surface area contributed by atoms with Gasteiger partial charge in [-0.1, -0.05) is 44.2 Å². The van der Waals surface area contributed by atoms with Gasteiger partial charge in [-0.2, -0.15) is 13.2 Å². The quantitative estimate of drug-likeness (QED) is 0.470. The van der Waals surface area contributed by atoms with Crippen molar-refractivity contribution in [2.24, 2.45) is 5.92 Å². The molecule has 2 N–H and O–H groups in total. The second kappa shape index (κ2) is 12.5. The summed E-state index contributed by atoms with van der Waals surface area (Å²) in [5, 5.41) is 13.9. The third-order valence-electron chi connectivity index (χ3n) is 7.41. The largest absolute Gasteiger partial charge is 0.416 e. The van der Waals surface area contributed by atoms with Crippen LogP contribution in [0, 0.1) is 5.92 Å². The number of nitrogens with one attached hydrogen (secondary N) is 1. The fourth-order valence-corrected chi connectivity index (χ4v) is 5.46. The third-order valence-corrected chi connectivity index (χ3v) is 7.41. The van der Waals surface area contributed by atoms with Crippen LogP contribution >= 0.6 is 0 Å². The van der Waals surface area contributed by atoms with Gasteiger partial charge in [0, 0.05) is 44.8 Å². The summed E-state index contributed by atoms with van der Waals surface area (Å²) in [5.74, 6) is 0.177.